The first-order chi connectivity index (χ1) is 32.7. The number of nitrogens with zero attached hydrogens (tertiary/aromatic N) is 2. The molecule has 0 saturated heterocycles. The molecule has 0 radical (unpaired) electrons. The molecule has 0 aromatic heterocycles. The first-order valence-electron chi connectivity index (χ1n) is 26.0. The second-order valence-corrected chi connectivity index (χ2v) is 25.9. The summed E-state index contributed by atoms with van der Waals surface area (Å²) in [5.41, 5.74) is 23.7. The van der Waals surface area contributed by atoms with E-state index in [9.17, 15) is 0 Å². The van der Waals surface area contributed by atoms with Crippen molar-refractivity contribution < 1.29 is 0 Å². The van der Waals surface area contributed by atoms with E-state index in [1.54, 1.807) is 0 Å². The number of benzene rings is 7. The van der Waals surface area contributed by atoms with Crippen LogP contribution in [0, 0.1) is 5.41 Å². The van der Waals surface area contributed by atoms with E-state index in [1.165, 1.54) is 100 Å². The Kier molecular flexibility index (Phi) is 11.0. The summed E-state index contributed by atoms with van der Waals surface area (Å²) in [6.45, 7) is 37.4. The number of hydrogen-bond acceptors (Lipinski definition) is 2. The van der Waals surface area contributed by atoms with Crippen molar-refractivity contribution in [3.8, 4) is 22.3 Å². The molecule has 7 aromatic rings. The van der Waals surface area contributed by atoms with E-state index >= 15 is 0 Å². The third kappa shape index (κ3) is 7.95. The maximum atomic E-state index is 2.58. The van der Waals surface area contributed by atoms with Crippen molar-refractivity contribution in [2.75, 3.05) is 9.80 Å². The Hall–Kier alpha value is -6.12. The maximum Gasteiger partial charge on any atom is 0.0465 e. The number of rotatable bonds is 6. The summed E-state index contributed by atoms with van der Waals surface area (Å²) in [6, 6.07) is 52.1. The fourth-order valence-electron chi connectivity index (χ4n) is 11.8. The molecule has 10 rings (SSSR count). The molecule has 0 fully saturated rings. The van der Waals surface area contributed by atoms with Crippen LogP contribution in [0.15, 0.2) is 157 Å². The molecule has 0 saturated carbocycles. The minimum atomic E-state index is -0.247. The van der Waals surface area contributed by atoms with Gasteiger partial charge in [0.15, 0.2) is 0 Å². The number of hydrogen-bond donors (Lipinski definition) is 0. The molecule has 0 amide bonds. The lowest BCUT2D eigenvalue weighted by molar-refractivity contribution is 0.479. The summed E-state index contributed by atoms with van der Waals surface area (Å²) in [4.78, 5) is 4.99. The van der Waals surface area contributed by atoms with Gasteiger partial charge in [-0.15, -0.1) is 0 Å². The highest BCUT2D eigenvalue weighted by molar-refractivity contribution is 6.13. The van der Waals surface area contributed by atoms with Crippen molar-refractivity contribution >= 4 is 39.2 Å². The van der Waals surface area contributed by atoms with Gasteiger partial charge in [0.05, 0.1) is 0 Å². The zero-order valence-electron chi connectivity index (χ0n) is 45.2. The molecular formula is C68H76N2. The van der Waals surface area contributed by atoms with Crippen molar-refractivity contribution in [2.24, 2.45) is 5.41 Å². The van der Waals surface area contributed by atoms with Crippen LogP contribution in [-0.4, -0.2) is 0 Å². The summed E-state index contributed by atoms with van der Waals surface area (Å²) in [5, 5.41) is 2.75. The van der Waals surface area contributed by atoms with Gasteiger partial charge >= 0.3 is 0 Å². The molecule has 0 spiro atoms. The normalized spacial score (nSPS) is 16.0. The quantitative estimate of drug-likeness (QED) is 0.164. The van der Waals surface area contributed by atoms with Gasteiger partial charge in [-0.25, -0.2) is 0 Å². The van der Waals surface area contributed by atoms with Gasteiger partial charge in [-0.3, -0.25) is 0 Å². The molecule has 2 heteroatoms. The molecule has 0 bridgehead atoms. The maximum absolute atomic E-state index is 2.58. The van der Waals surface area contributed by atoms with Crippen LogP contribution in [0.1, 0.15) is 163 Å². The largest absolute Gasteiger partial charge is 0.314 e. The van der Waals surface area contributed by atoms with E-state index in [4.69, 9.17) is 0 Å². The molecule has 0 atom stereocenters. The van der Waals surface area contributed by atoms with E-state index in [2.05, 4.69) is 266 Å². The van der Waals surface area contributed by atoms with Crippen molar-refractivity contribution in [1.82, 2.24) is 0 Å². The summed E-state index contributed by atoms with van der Waals surface area (Å²) in [7, 11) is 0. The van der Waals surface area contributed by atoms with Gasteiger partial charge in [-0.05, 0) is 179 Å². The summed E-state index contributed by atoms with van der Waals surface area (Å²) < 4.78 is 0. The molecule has 3 aliphatic rings. The van der Waals surface area contributed by atoms with E-state index < -0.39 is 0 Å². The molecule has 0 aliphatic heterocycles. The minimum absolute atomic E-state index is 0.0704. The van der Waals surface area contributed by atoms with Crippen LogP contribution in [0.4, 0.5) is 28.4 Å². The molecule has 7 aromatic carbocycles. The Labute approximate surface area is 421 Å². The average molecular weight is 921 g/mol. The van der Waals surface area contributed by atoms with Gasteiger partial charge in [-0.1, -0.05) is 189 Å². The monoisotopic (exact) mass is 921 g/mol. The lowest BCUT2D eigenvalue weighted by Crippen LogP contribution is -2.25. The molecule has 0 unspecified atom stereocenters. The summed E-state index contributed by atoms with van der Waals surface area (Å²) >= 11 is 0. The van der Waals surface area contributed by atoms with E-state index in [0.717, 1.165) is 24.2 Å². The van der Waals surface area contributed by atoms with Gasteiger partial charge in [0, 0.05) is 45.0 Å². The second-order valence-electron chi connectivity index (χ2n) is 25.9. The van der Waals surface area contributed by atoms with Gasteiger partial charge in [-0.2, -0.15) is 0 Å². The molecule has 0 heterocycles. The highest BCUT2D eigenvalue weighted by Gasteiger charge is 2.42. The highest BCUT2D eigenvalue weighted by Crippen LogP contribution is 2.58. The van der Waals surface area contributed by atoms with Crippen LogP contribution in [-0.2, 0) is 27.1 Å². The first-order valence-corrected chi connectivity index (χ1v) is 26.0. The highest BCUT2D eigenvalue weighted by atomic mass is 15.2. The Morgan fingerprint density at radius 3 is 1.29 bits per heavy atom. The van der Waals surface area contributed by atoms with Crippen LogP contribution in [0.5, 0.6) is 0 Å². The SMILES string of the molecule is CC(C)(C)C1=CC=C(N(c2ccc(C(C)(C)C)cc2)c2ccc3c(c2)C(C)(C)c2cc4c5c(cccc5c2-3)C(C)(C)c2cc(N(c3ccc(C(C)(C)C)cc3)c3ccc(C(C)(C)C)cc3)ccc2-4)CC1. The third-order valence-corrected chi connectivity index (χ3v) is 16.3. The van der Waals surface area contributed by atoms with Crippen molar-refractivity contribution in [3.05, 3.63) is 196 Å². The Morgan fingerprint density at radius 1 is 0.371 bits per heavy atom. The van der Waals surface area contributed by atoms with Crippen LogP contribution in [0.3, 0.4) is 0 Å². The summed E-state index contributed by atoms with van der Waals surface area (Å²) in [5.74, 6) is 0. The van der Waals surface area contributed by atoms with Crippen molar-refractivity contribution in [1.29, 1.82) is 0 Å². The molecule has 70 heavy (non-hydrogen) atoms. The predicted octanol–water partition coefficient (Wildman–Crippen LogP) is 19.6. The molecule has 3 aliphatic carbocycles. The van der Waals surface area contributed by atoms with Crippen LogP contribution in [0.2, 0.25) is 0 Å². The molecule has 358 valence electrons. The standard InChI is InChI=1S/C68H76N2/c1-63(2,3)43-20-28-47(29-21-43)69(48-30-22-44(23-31-48)64(4,5)6)51-36-38-53-56-42-60-61(55-18-17-19-57(62(55)56)67(13,14)58(53)40-51)54-39-37-52(41-59(54)68(60,15)16)70(49-32-24-45(25-33-49)65(7,8)9)50-34-26-46(27-35-50)66(10,11)12/h17-26,28-34,36-42H,27,35H2,1-16H3. The van der Waals surface area contributed by atoms with Crippen LogP contribution >= 0.6 is 0 Å². The molecule has 0 N–H and O–H groups in total. The van der Waals surface area contributed by atoms with E-state index in [-0.39, 0.29) is 32.5 Å². The van der Waals surface area contributed by atoms with Crippen molar-refractivity contribution in [3.63, 3.8) is 0 Å². The van der Waals surface area contributed by atoms with Crippen LogP contribution in [0.25, 0.3) is 33.0 Å². The fraction of sp³-hybridized carbons (Fsp3) is 0.353. The molecule has 2 nitrogen and oxygen atoms in total. The van der Waals surface area contributed by atoms with Gasteiger partial charge in [0.25, 0.3) is 0 Å². The van der Waals surface area contributed by atoms with E-state index in [0.29, 0.717) is 0 Å². The number of allylic oxidation sites excluding steroid dienone is 4. The zero-order chi connectivity index (χ0) is 50.1. The summed E-state index contributed by atoms with van der Waals surface area (Å²) in [6.07, 6.45) is 6.85. The Morgan fingerprint density at radius 2 is 0.814 bits per heavy atom. The third-order valence-electron chi connectivity index (χ3n) is 16.3. The number of anilines is 5. The topological polar surface area (TPSA) is 6.48 Å². The second kappa shape index (κ2) is 16.2. The average Bonchev–Trinajstić information content (AvgIpc) is 3.53. The zero-order valence-corrected chi connectivity index (χ0v) is 45.2. The van der Waals surface area contributed by atoms with Gasteiger partial charge in [0.2, 0.25) is 0 Å². The van der Waals surface area contributed by atoms with Gasteiger partial charge in [0.1, 0.15) is 0 Å². The lowest BCUT2D eigenvalue weighted by Gasteiger charge is -2.37. The first kappa shape index (κ1) is 47.6. The Bertz CT molecular complexity index is 3190. The van der Waals surface area contributed by atoms with Gasteiger partial charge < -0.3 is 9.80 Å². The molecular weight excluding hydrogens is 845 g/mol. The lowest BCUT2D eigenvalue weighted by atomic mass is 9.67. The van der Waals surface area contributed by atoms with Crippen LogP contribution < -0.4 is 9.80 Å². The smallest absolute Gasteiger partial charge is 0.0465 e. The predicted molar refractivity (Wildman–Crippen MR) is 303 cm³/mol. The number of fused-ring (bicyclic) bond motifs is 6. The van der Waals surface area contributed by atoms with E-state index in [1.807, 2.05) is 0 Å². The fourth-order valence-corrected chi connectivity index (χ4v) is 11.8. The minimum Gasteiger partial charge on any atom is -0.314 e. The van der Waals surface area contributed by atoms with Crippen molar-refractivity contribution in [2.45, 2.75) is 151 Å². The Balaban J connectivity index is 1.11.